The van der Waals surface area contributed by atoms with Gasteiger partial charge in [-0.15, -0.1) is 0 Å². The van der Waals surface area contributed by atoms with Crippen molar-refractivity contribution in [3.05, 3.63) is 58.3 Å². The number of H-pyrrole nitrogens is 1. The van der Waals surface area contributed by atoms with Crippen molar-refractivity contribution in [2.75, 3.05) is 19.7 Å². The number of nitrogens with zero attached hydrogens (tertiary/aromatic N) is 2. The molecule has 1 aliphatic rings. The average molecular weight is 372 g/mol. The SMILES string of the molecule is CCOC(=O)N1CCC(NC(=O)c2c[nH]c(=O)n2Cc2ccccc2)CC1. The van der Waals surface area contributed by atoms with Gasteiger partial charge in [-0.2, -0.15) is 0 Å². The highest BCUT2D eigenvalue weighted by Gasteiger charge is 2.26. The number of carbonyl (C=O) groups excluding carboxylic acids is 2. The molecule has 8 nitrogen and oxygen atoms in total. The zero-order valence-corrected chi connectivity index (χ0v) is 15.3. The van der Waals surface area contributed by atoms with Gasteiger partial charge in [-0.3, -0.25) is 9.36 Å². The lowest BCUT2D eigenvalue weighted by Crippen LogP contribution is -2.47. The standard InChI is InChI=1S/C19H24N4O4/c1-2-27-19(26)22-10-8-15(9-11-22)21-17(24)16-12-20-18(25)23(16)13-14-6-4-3-5-7-14/h3-7,12,15H,2,8-11,13H2,1H3,(H,20,25)(H,21,24). The zero-order chi connectivity index (χ0) is 19.2. The van der Waals surface area contributed by atoms with E-state index in [0.717, 1.165) is 5.56 Å². The van der Waals surface area contributed by atoms with Gasteiger partial charge in [-0.05, 0) is 25.3 Å². The molecule has 1 aromatic heterocycles. The number of amides is 2. The Bertz CT molecular complexity index is 835. The molecule has 0 saturated carbocycles. The van der Waals surface area contributed by atoms with E-state index in [0.29, 0.717) is 44.8 Å². The fraction of sp³-hybridized carbons (Fsp3) is 0.421. The summed E-state index contributed by atoms with van der Waals surface area (Å²) in [5.41, 5.74) is 0.925. The number of rotatable bonds is 5. The van der Waals surface area contributed by atoms with E-state index in [1.54, 1.807) is 11.8 Å². The number of carbonyl (C=O) groups is 2. The summed E-state index contributed by atoms with van der Waals surface area (Å²) in [6.45, 7) is 3.52. The van der Waals surface area contributed by atoms with Crippen molar-refractivity contribution in [1.82, 2.24) is 19.8 Å². The van der Waals surface area contributed by atoms with Crippen LogP contribution < -0.4 is 11.0 Å². The number of hydrogen-bond donors (Lipinski definition) is 2. The maximum absolute atomic E-state index is 12.7. The molecule has 1 fully saturated rings. The lowest BCUT2D eigenvalue weighted by Gasteiger charge is -2.31. The Labute approximate surface area is 157 Å². The van der Waals surface area contributed by atoms with Crippen molar-refractivity contribution in [3.8, 4) is 0 Å². The number of hydrogen-bond acceptors (Lipinski definition) is 4. The van der Waals surface area contributed by atoms with Crippen LogP contribution in [-0.4, -0.2) is 52.2 Å². The van der Waals surface area contributed by atoms with Crippen LogP contribution in [0.1, 0.15) is 35.8 Å². The van der Waals surface area contributed by atoms with Crippen LogP contribution in [0.5, 0.6) is 0 Å². The highest BCUT2D eigenvalue weighted by Crippen LogP contribution is 2.12. The highest BCUT2D eigenvalue weighted by molar-refractivity contribution is 5.92. The third kappa shape index (κ3) is 4.58. The molecule has 1 saturated heterocycles. The van der Waals surface area contributed by atoms with E-state index >= 15 is 0 Å². The molecule has 1 aromatic carbocycles. The van der Waals surface area contributed by atoms with Gasteiger partial charge in [0.15, 0.2) is 0 Å². The fourth-order valence-electron chi connectivity index (χ4n) is 3.19. The first-order valence-corrected chi connectivity index (χ1v) is 9.13. The van der Waals surface area contributed by atoms with Gasteiger partial charge in [-0.25, -0.2) is 9.59 Å². The zero-order valence-electron chi connectivity index (χ0n) is 15.3. The third-order valence-electron chi connectivity index (χ3n) is 4.64. The molecule has 2 N–H and O–H groups in total. The lowest BCUT2D eigenvalue weighted by molar-refractivity contribution is 0.0854. The first-order chi connectivity index (χ1) is 13.1. The Morgan fingerprint density at radius 3 is 2.59 bits per heavy atom. The Balaban J connectivity index is 1.61. The Kier molecular flexibility index (Phi) is 5.95. The predicted molar refractivity (Wildman–Crippen MR) is 99.7 cm³/mol. The second-order valence-corrected chi connectivity index (χ2v) is 6.48. The van der Waals surface area contributed by atoms with Crippen LogP contribution in [0.15, 0.2) is 41.3 Å². The summed E-state index contributed by atoms with van der Waals surface area (Å²) in [4.78, 5) is 40.7. The van der Waals surface area contributed by atoms with E-state index in [4.69, 9.17) is 4.74 Å². The summed E-state index contributed by atoms with van der Waals surface area (Å²) in [5, 5.41) is 2.97. The molecule has 144 valence electrons. The molecule has 2 aromatic rings. The van der Waals surface area contributed by atoms with E-state index in [2.05, 4.69) is 10.3 Å². The van der Waals surface area contributed by atoms with Gasteiger partial charge in [0.1, 0.15) is 5.69 Å². The smallest absolute Gasteiger partial charge is 0.409 e. The van der Waals surface area contributed by atoms with Crippen molar-refractivity contribution in [2.24, 2.45) is 0 Å². The van der Waals surface area contributed by atoms with Gasteiger partial charge in [0.05, 0.1) is 13.2 Å². The molecule has 2 heterocycles. The van der Waals surface area contributed by atoms with E-state index in [9.17, 15) is 14.4 Å². The van der Waals surface area contributed by atoms with Gasteiger partial charge >= 0.3 is 11.8 Å². The largest absolute Gasteiger partial charge is 0.450 e. The second-order valence-electron chi connectivity index (χ2n) is 6.48. The molecule has 0 radical (unpaired) electrons. The quantitative estimate of drug-likeness (QED) is 0.833. The molecule has 8 heteroatoms. The lowest BCUT2D eigenvalue weighted by atomic mass is 10.1. The summed E-state index contributed by atoms with van der Waals surface area (Å²) in [7, 11) is 0. The predicted octanol–water partition coefficient (Wildman–Crippen LogP) is 1.58. The number of likely N-dealkylation sites (tertiary alicyclic amines) is 1. The number of ether oxygens (including phenoxy) is 1. The number of piperidine rings is 1. The van der Waals surface area contributed by atoms with Crippen molar-refractivity contribution in [3.63, 3.8) is 0 Å². The molecule has 0 unspecified atom stereocenters. The summed E-state index contributed by atoms with van der Waals surface area (Å²) >= 11 is 0. The maximum Gasteiger partial charge on any atom is 0.409 e. The molecular formula is C19H24N4O4. The minimum atomic E-state index is -0.318. The Morgan fingerprint density at radius 2 is 1.93 bits per heavy atom. The Morgan fingerprint density at radius 1 is 1.22 bits per heavy atom. The van der Waals surface area contributed by atoms with Gasteiger partial charge < -0.3 is 19.9 Å². The molecule has 0 spiro atoms. The molecular weight excluding hydrogens is 348 g/mol. The monoisotopic (exact) mass is 372 g/mol. The van der Waals surface area contributed by atoms with Gasteiger partial charge in [0.25, 0.3) is 5.91 Å². The Hall–Kier alpha value is -3.03. The number of aromatic amines is 1. The van der Waals surface area contributed by atoms with Gasteiger partial charge in [0.2, 0.25) is 0 Å². The number of nitrogens with one attached hydrogen (secondary N) is 2. The van der Waals surface area contributed by atoms with Crippen LogP contribution in [0, 0.1) is 0 Å². The van der Waals surface area contributed by atoms with Crippen LogP contribution in [0.3, 0.4) is 0 Å². The fourth-order valence-corrected chi connectivity index (χ4v) is 3.19. The van der Waals surface area contributed by atoms with Gasteiger partial charge in [0, 0.05) is 25.3 Å². The number of aromatic nitrogens is 2. The van der Waals surface area contributed by atoms with Crippen LogP contribution in [0.25, 0.3) is 0 Å². The van der Waals surface area contributed by atoms with E-state index in [-0.39, 0.29) is 23.7 Å². The minimum Gasteiger partial charge on any atom is -0.450 e. The second kappa shape index (κ2) is 8.57. The minimum absolute atomic E-state index is 0.0432. The first kappa shape index (κ1) is 18.8. The summed E-state index contributed by atoms with van der Waals surface area (Å²) in [6.07, 6.45) is 2.43. The normalized spacial score (nSPS) is 14.8. The molecule has 3 rings (SSSR count). The van der Waals surface area contributed by atoms with Crippen molar-refractivity contribution >= 4 is 12.0 Å². The highest BCUT2D eigenvalue weighted by atomic mass is 16.6. The molecule has 27 heavy (non-hydrogen) atoms. The number of benzene rings is 1. The summed E-state index contributed by atoms with van der Waals surface area (Å²) in [5.74, 6) is -0.293. The van der Waals surface area contributed by atoms with E-state index in [1.807, 2.05) is 30.3 Å². The topological polar surface area (TPSA) is 96.4 Å². The maximum atomic E-state index is 12.7. The van der Waals surface area contributed by atoms with Crippen LogP contribution >= 0.6 is 0 Å². The van der Waals surface area contributed by atoms with Crippen LogP contribution in [0.4, 0.5) is 4.79 Å². The van der Waals surface area contributed by atoms with Gasteiger partial charge in [-0.1, -0.05) is 30.3 Å². The third-order valence-corrected chi connectivity index (χ3v) is 4.64. The molecule has 0 atom stereocenters. The summed E-state index contributed by atoms with van der Waals surface area (Å²) in [6, 6.07) is 9.46. The van der Waals surface area contributed by atoms with Crippen molar-refractivity contribution < 1.29 is 14.3 Å². The average Bonchev–Trinajstić information content (AvgIpc) is 3.04. The number of imidazole rings is 1. The van der Waals surface area contributed by atoms with Crippen LogP contribution in [0.2, 0.25) is 0 Å². The van der Waals surface area contributed by atoms with Crippen molar-refractivity contribution in [1.29, 1.82) is 0 Å². The summed E-state index contributed by atoms with van der Waals surface area (Å²) < 4.78 is 6.43. The molecule has 1 aliphatic heterocycles. The molecule has 0 aliphatic carbocycles. The van der Waals surface area contributed by atoms with Crippen molar-refractivity contribution in [2.45, 2.75) is 32.4 Å². The van der Waals surface area contributed by atoms with E-state index < -0.39 is 0 Å². The van der Waals surface area contributed by atoms with Crippen LogP contribution in [-0.2, 0) is 11.3 Å². The van der Waals surface area contributed by atoms with E-state index in [1.165, 1.54) is 10.8 Å². The molecule has 2 amide bonds. The molecule has 0 bridgehead atoms. The first-order valence-electron chi connectivity index (χ1n) is 9.13.